The molecular weight excluding hydrogens is 232 g/mol. The fraction of sp³-hybridized carbons (Fsp3) is 0.846. The van der Waals surface area contributed by atoms with Crippen LogP contribution in [-0.4, -0.2) is 47.1 Å². The number of hydrogen-bond acceptors (Lipinski definition) is 3. The van der Waals surface area contributed by atoms with Crippen molar-refractivity contribution in [2.24, 2.45) is 0 Å². The van der Waals surface area contributed by atoms with Gasteiger partial charge in [0.05, 0.1) is 0 Å². The van der Waals surface area contributed by atoms with Crippen LogP contribution in [0.2, 0.25) is 0 Å². The number of piperidine rings is 1. The molecule has 2 rings (SSSR count). The first-order valence-corrected chi connectivity index (χ1v) is 6.94. The summed E-state index contributed by atoms with van der Waals surface area (Å²) in [5.74, 6) is -0.857. The van der Waals surface area contributed by atoms with E-state index < -0.39 is 12.0 Å². The van der Waals surface area contributed by atoms with Crippen LogP contribution in [-0.2, 0) is 9.59 Å². The number of nitrogens with zero attached hydrogens (tertiary/aromatic N) is 1. The van der Waals surface area contributed by atoms with Gasteiger partial charge in [0, 0.05) is 19.0 Å². The molecule has 2 saturated heterocycles. The zero-order valence-corrected chi connectivity index (χ0v) is 10.7. The number of amides is 1. The zero-order valence-electron chi connectivity index (χ0n) is 10.7. The molecule has 102 valence electrons. The van der Waals surface area contributed by atoms with E-state index >= 15 is 0 Å². The Morgan fingerprint density at radius 3 is 2.72 bits per heavy atom. The van der Waals surface area contributed by atoms with Gasteiger partial charge in [0.15, 0.2) is 0 Å². The molecule has 2 heterocycles. The lowest BCUT2D eigenvalue weighted by Gasteiger charge is -2.25. The van der Waals surface area contributed by atoms with Crippen LogP contribution >= 0.6 is 0 Å². The molecule has 2 atom stereocenters. The second-order valence-electron chi connectivity index (χ2n) is 5.27. The van der Waals surface area contributed by atoms with E-state index in [1.54, 1.807) is 4.90 Å². The summed E-state index contributed by atoms with van der Waals surface area (Å²) >= 11 is 0. The van der Waals surface area contributed by atoms with Crippen LogP contribution in [0.15, 0.2) is 0 Å². The molecule has 0 saturated carbocycles. The first-order chi connectivity index (χ1) is 8.68. The van der Waals surface area contributed by atoms with Crippen molar-refractivity contribution in [2.45, 2.75) is 57.0 Å². The number of likely N-dealkylation sites (tertiary alicyclic amines) is 1. The van der Waals surface area contributed by atoms with E-state index in [1.807, 2.05) is 0 Å². The number of rotatable bonds is 4. The average molecular weight is 254 g/mol. The molecule has 0 bridgehead atoms. The Morgan fingerprint density at radius 2 is 2.06 bits per heavy atom. The summed E-state index contributed by atoms with van der Waals surface area (Å²) < 4.78 is 0. The van der Waals surface area contributed by atoms with Crippen LogP contribution in [0.5, 0.6) is 0 Å². The van der Waals surface area contributed by atoms with Gasteiger partial charge in [-0.15, -0.1) is 0 Å². The molecule has 1 amide bonds. The molecule has 0 radical (unpaired) electrons. The Morgan fingerprint density at radius 1 is 1.22 bits per heavy atom. The van der Waals surface area contributed by atoms with Gasteiger partial charge in [0.1, 0.15) is 6.04 Å². The van der Waals surface area contributed by atoms with E-state index in [-0.39, 0.29) is 5.91 Å². The highest BCUT2D eigenvalue weighted by Crippen LogP contribution is 2.20. The van der Waals surface area contributed by atoms with Gasteiger partial charge in [0.25, 0.3) is 0 Å². The van der Waals surface area contributed by atoms with Gasteiger partial charge in [-0.3, -0.25) is 4.79 Å². The molecule has 2 N–H and O–H groups in total. The van der Waals surface area contributed by atoms with Crippen LogP contribution in [0.4, 0.5) is 0 Å². The third-order valence-electron chi connectivity index (χ3n) is 3.98. The van der Waals surface area contributed by atoms with Gasteiger partial charge in [-0.05, 0) is 38.6 Å². The molecular formula is C13H22N2O3. The lowest BCUT2D eigenvalue weighted by molar-refractivity contribution is -0.148. The third kappa shape index (κ3) is 3.22. The Balaban J connectivity index is 1.78. The van der Waals surface area contributed by atoms with Gasteiger partial charge >= 0.3 is 5.97 Å². The standard InChI is InChI=1S/C13H22N2O3/c16-12(7-6-10-4-1-2-8-14-10)15-9-3-5-11(15)13(17)18/h10-11,14H,1-9H2,(H,17,18). The fourth-order valence-electron chi connectivity index (χ4n) is 2.93. The molecule has 2 aliphatic heterocycles. The number of carboxylic acid groups (broad SMARTS) is 1. The summed E-state index contributed by atoms with van der Waals surface area (Å²) in [7, 11) is 0. The molecule has 2 unspecified atom stereocenters. The minimum atomic E-state index is -0.864. The molecule has 18 heavy (non-hydrogen) atoms. The van der Waals surface area contributed by atoms with Crippen molar-refractivity contribution in [3.8, 4) is 0 Å². The Kier molecular flexibility index (Phi) is 4.58. The first-order valence-electron chi connectivity index (χ1n) is 6.94. The molecule has 2 fully saturated rings. The van der Waals surface area contributed by atoms with E-state index in [0.717, 1.165) is 25.8 Å². The summed E-state index contributed by atoms with van der Waals surface area (Å²) in [5, 5.41) is 12.5. The molecule has 2 aliphatic rings. The fourth-order valence-corrected chi connectivity index (χ4v) is 2.93. The average Bonchev–Trinajstić information content (AvgIpc) is 2.86. The van der Waals surface area contributed by atoms with Gasteiger partial charge in [-0.1, -0.05) is 6.42 Å². The number of carbonyl (C=O) groups is 2. The minimum Gasteiger partial charge on any atom is -0.480 e. The normalized spacial score (nSPS) is 28.3. The maximum Gasteiger partial charge on any atom is 0.326 e. The van der Waals surface area contributed by atoms with E-state index in [2.05, 4.69) is 5.32 Å². The number of aliphatic carboxylic acids is 1. The summed E-state index contributed by atoms with van der Waals surface area (Å²) in [6.07, 6.45) is 6.30. The predicted molar refractivity (Wildman–Crippen MR) is 67.2 cm³/mol. The zero-order chi connectivity index (χ0) is 13.0. The largest absolute Gasteiger partial charge is 0.480 e. The number of hydrogen-bond donors (Lipinski definition) is 2. The van der Waals surface area contributed by atoms with Gasteiger partial charge in [-0.25, -0.2) is 4.79 Å². The SMILES string of the molecule is O=C(O)C1CCCN1C(=O)CCC1CCCCN1. The molecule has 5 heteroatoms. The Labute approximate surface area is 108 Å². The van der Waals surface area contributed by atoms with E-state index in [1.165, 1.54) is 12.8 Å². The topological polar surface area (TPSA) is 69.6 Å². The lowest BCUT2D eigenvalue weighted by Crippen LogP contribution is -2.41. The van der Waals surface area contributed by atoms with Crippen molar-refractivity contribution in [1.29, 1.82) is 0 Å². The highest BCUT2D eigenvalue weighted by molar-refractivity contribution is 5.84. The molecule has 0 spiro atoms. The van der Waals surface area contributed by atoms with Gasteiger partial charge in [-0.2, -0.15) is 0 Å². The van der Waals surface area contributed by atoms with Crippen LogP contribution in [0.1, 0.15) is 44.9 Å². The highest BCUT2D eigenvalue weighted by atomic mass is 16.4. The Hall–Kier alpha value is -1.10. The van der Waals surface area contributed by atoms with Gasteiger partial charge < -0.3 is 15.3 Å². The molecule has 0 aromatic heterocycles. The maximum atomic E-state index is 12.0. The van der Waals surface area contributed by atoms with Crippen molar-refractivity contribution >= 4 is 11.9 Å². The quantitative estimate of drug-likeness (QED) is 0.785. The second-order valence-corrected chi connectivity index (χ2v) is 5.27. The second kappa shape index (κ2) is 6.18. The van der Waals surface area contributed by atoms with Crippen molar-refractivity contribution in [3.05, 3.63) is 0 Å². The summed E-state index contributed by atoms with van der Waals surface area (Å²) in [5.41, 5.74) is 0. The van der Waals surface area contributed by atoms with Gasteiger partial charge in [0.2, 0.25) is 5.91 Å². The molecule has 0 aromatic carbocycles. The summed E-state index contributed by atoms with van der Waals surface area (Å²) in [6.45, 7) is 1.65. The molecule has 5 nitrogen and oxygen atoms in total. The lowest BCUT2D eigenvalue weighted by atomic mass is 10.0. The van der Waals surface area contributed by atoms with E-state index in [9.17, 15) is 9.59 Å². The van der Waals surface area contributed by atoms with Crippen molar-refractivity contribution in [2.75, 3.05) is 13.1 Å². The number of nitrogens with one attached hydrogen (secondary N) is 1. The smallest absolute Gasteiger partial charge is 0.326 e. The summed E-state index contributed by atoms with van der Waals surface area (Å²) in [4.78, 5) is 24.6. The van der Waals surface area contributed by atoms with Crippen molar-refractivity contribution < 1.29 is 14.7 Å². The van der Waals surface area contributed by atoms with Crippen molar-refractivity contribution in [1.82, 2.24) is 10.2 Å². The van der Waals surface area contributed by atoms with Crippen LogP contribution in [0.25, 0.3) is 0 Å². The monoisotopic (exact) mass is 254 g/mol. The number of carboxylic acids is 1. The number of carbonyl (C=O) groups excluding carboxylic acids is 1. The van der Waals surface area contributed by atoms with E-state index in [0.29, 0.717) is 25.4 Å². The van der Waals surface area contributed by atoms with Crippen LogP contribution in [0.3, 0.4) is 0 Å². The minimum absolute atomic E-state index is 0.00673. The van der Waals surface area contributed by atoms with Crippen LogP contribution in [0, 0.1) is 0 Å². The third-order valence-corrected chi connectivity index (χ3v) is 3.98. The maximum absolute atomic E-state index is 12.0. The van der Waals surface area contributed by atoms with Crippen LogP contribution < -0.4 is 5.32 Å². The van der Waals surface area contributed by atoms with E-state index in [4.69, 9.17) is 5.11 Å². The highest BCUT2D eigenvalue weighted by Gasteiger charge is 2.33. The summed E-state index contributed by atoms with van der Waals surface area (Å²) in [6, 6.07) is -0.148. The molecule has 0 aromatic rings. The van der Waals surface area contributed by atoms with Crippen molar-refractivity contribution in [3.63, 3.8) is 0 Å². The predicted octanol–water partition coefficient (Wildman–Crippen LogP) is 0.984. The molecule has 0 aliphatic carbocycles. The Bertz CT molecular complexity index is 313. The first kappa shape index (κ1) is 13.3.